The third-order valence-corrected chi connectivity index (χ3v) is 2.86. The second kappa shape index (κ2) is 5.06. The third kappa shape index (κ3) is 2.43. The van der Waals surface area contributed by atoms with Crippen molar-refractivity contribution < 1.29 is 0 Å². The highest BCUT2D eigenvalue weighted by molar-refractivity contribution is 7.80. The minimum Gasteiger partial charge on any atom is -0.398 e. The fourth-order valence-corrected chi connectivity index (χ4v) is 2.10. The van der Waals surface area contributed by atoms with Crippen LogP contribution in [0.5, 0.6) is 0 Å². The summed E-state index contributed by atoms with van der Waals surface area (Å²) >= 11 is 4.90. The molecule has 0 amide bonds. The highest BCUT2D eigenvalue weighted by atomic mass is 32.1. The summed E-state index contributed by atoms with van der Waals surface area (Å²) < 4.78 is 0. The summed E-state index contributed by atoms with van der Waals surface area (Å²) in [5.41, 5.74) is 16.3. The number of benzene rings is 2. The number of rotatable bonds is 2. The highest BCUT2D eigenvalue weighted by Crippen LogP contribution is 2.34. The lowest BCUT2D eigenvalue weighted by Gasteiger charge is -2.15. The van der Waals surface area contributed by atoms with Crippen molar-refractivity contribution in [3.63, 3.8) is 0 Å². The van der Waals surface area contributed by atoms with Crippen molar-refractivity contribution in [2.75, 3.05) is 11.1 Å². The van der Waals surface area contributed by atoms with Gasteiger partial charge in [0.25, 0.3) is 0 Å². The molecule has 3 nitrogen and oxygen atoms in total. The van der Waals surface area contributed by atoms with Gasteiger partial charge in [0.15, 0.2) is 5.11 Å². The molecule has 0 aromatic heterocycles. The molecule has 18 heavy (non-hydrogen) atoms. The summed E-state index contributed by atoms with van der Waals surface area (Å²) in [6.07, 6.45) is 0. The molecule has 0 unspecified atom stereocenters. The summed E-state index contributed by atoms with van der Waals surface area (Å²) in [6.45, 7) is 2.03. The Bertz CT molecular complexity index is 593. The van der Waals surface area contributed by atoms with Crippen molar-refractivity contribution in [2.24, 2.45) is 5.73 Å². The maximum absolute atomic E-state index is 6.03. The number of nitrogen functional groups attached to an aromatic ring is 1. The Morgan fingerprint density at radius 1 is 1.11 bits per heavy atom. The van der Waals surface area contributed by atoms with E-state index in [9.17, 15) is 0 Å². The van der Waals surface area contributed by atoms with Gasteiger partial charge in [0.2, 0.25) is 0 Å². The van der Waals surface area contributed by atoms with Crippen molar-refractivity contribution in [1.82, 2.24) is 0 Å². The van der Waals surface area contributed by atoms with Crippen LogP contribution in [0.3, 0.4) is 0 Å². The molecule has 92 valence electrons. The standard InChI is InChI=1S/C14H15N3S/c1-9-5-4-8-12(17-14(16)18)13(9)10-6-2-3-7-11(10)15/h2-8H,15H2,1H3,(H3,16,17,18). The predicted molar refractivity (Wildman–Crippen MR) is 81.4 cm³/mol. The van der Waals surface area contributed by atoms with Crippen molar-refractivity contribution in [3.05, 3.63) is 48.0 Å². The van der Waals surface area contributed by atoms with Crippen LogP contribution in [-0.4, -0.2) is 5.11 Å². The van der Waals surface area contributed by atoms with E-state index >= 15 is 0 Å². The number of aryl methyl sites for hydroxylation is 1. The first-order valence-electron chi connectivity index (χ1n) is 5.60. The van der Waals surface area contributed by atoms with Crippen LogP contribution in [0.25, 0.3) is 11.1 Å². The van der Waals surface area contributed by atoms with E-state index in [0.29, 0.717) is 0 Å². The molecule has 0 radical (unpaired) electrons. The SMILES string of the molecule is Cc1cccc(NC(N)=S)c1-c1ccccc1N. The van der Waals surface area contributed by atoms with Crippen LogP contribution in [0.15, 0.2) is 42.5 Å². The van der Waals surface area contributed by atoms with E-state index in [1.807, 2.05) is 49.4 Å². The van der Waals surface area contributed by atoms with Gasteiger partial charge in [0, 0.05) is 22.5 Å². The van der Waals surface area contributed by atoms with E-state index in [1.165, 1.54) is 0 Å². The summed E-state index contributed by atoms with van der Waals surface area (Å²) in [7, 11) is 0. The van der Waals surface area contributed by atoms with Gasteiger partial charge in [0.05, 0.1) is 0 Å². The number of hydrogen-bond acceptors (Lipinski definition) is 2. The summed E-state index contributed by atoms with van der Waals surface area (Å²) in [6, 6.07) is 13.7. The lowest BCUT2D eigenvalue weighted by atomic mass is 9.97. The van der Waals surface area contributed by atoms with Crippen LogP contribution in [-0.2, 0) is 0 Å². The molecule has 2 aromatic rings. The number of anilines is 2. The largest absolute Gasteiger partial charge is 0.398 e. The molecule has 0 atom stereocenters. The minimum absolute atomic E-state index is 0.247. The molecule has 2 aromatic carbocycles. The lowest BCUT2D eigenvalue weighted by molar-refractivity contribution is 1.45. The Morgan fingerprint density at radius 3 is 2.50 bits per heavy atom. The Labute approximate surface area is 112 Å². The van der Waals surface area contributed by atoms with Crippen LogP contribution in [0, 0.1) is 6.92 Å². The Hall–Kier alpha value is -2.07. The molecule has 4 heteroatoms. The van der Waals surface area contributed by atoms with Crippen LogP contribution >= 0.6 is 12.2 Å². The van der Waals surface area contributed by atoms with Gasteiger partial charge in [-0.25, -0.2) is 0 Å². The number of thiocarbonyl (C=S) groups is 1. The van der Waals surface area contributed by atoms with Crippen LogP contribution in [0.1, 0.15) is 5.56 Å². The second-order valence-corrected chi connectivity index (χ2v) is 4.51. The van der Waals surface area contributed by atoms with Crippen LogP contribution in [0.2, 0.25) is 0 Å². The van der Waals surface area contributed by atoms with E-state index < -0.39 is 0 Å². The van der Waals surface area contributed by atoms with E-state index in [-0.39, 0.29) is 5.11 Å². The van der Waals surface area contributed by atoms with Crippen molar-refractivity contribution in [1.29, 1.82) is 0 Å². The molecule has 0 aliphatic rings. The first-order chi connectivity index (χ1) is 8.59. The Morgan fingerprint density at radius 2 is 1.83 bits per heavy atom. The van der Waals surface area contributed by atoms with Gasteiger partial charge < -0.3 is 16.8 Å². The summed E-state index contributed by atoms with van der Waals surface area (Å²) in [5.74, 6) is 0. The quantitative estimate of drug-likeness (QED) is 0.572. The van der Waals surface area contributed by atoms with Gasteiger partial charge in [-0.3, -0.25) is 0 Å². The minimum atomic E-state index is 0.247. The smallest absolute Gasteiger partial charge is 0.168 e. The molecule has 2 rings (SSSR count). The van der Waals surface area contributed by atoms with Crippen molar-refractivity contribution in [2.45, 2.75) is 6.92 Å². The number of nitrogens with one attached hydrogen (secondary N) is 1. The average molecular weight is 257 g/mol. The van der Waals surface area contributed by atoms with E-state index in [0.717, 1.165) is 28.1 Å². The fourth-order valence-electron chi connectivity index (χ4n) is 1.99. The molecule has 0 spiro atoms. The fraction of sp³-hybridized carbons (Fsp3) is 0.0714. The van der Waals surface area contributed by atoms with E-state index in [1.54, 1.807) is 0 Å². The first-order valence-corrected chi connectivity index (χ1v) is 6.01. The monoisotopic (exact) mass is 257 g/mol. The predicted octanol–water partition coefficient (Wildman–Crippen LogP) is 2.90. The molecule has 0 heterocycles. The molecule has 0 fully saturated rings. The van der Waals surface area contributed by atoms with Gasteiger partial charge >= 0.3 is 0 Å². The molecular formula is C14H15N3S. The summed E-state index contributed by atoms with van der Waals surface area (Å²) in [5, 5.41) is 3.24. The van der Waals surface area contributed by atoms with E-state index in [2.05, 4.69) is 5.32 Å². The molecule has 5 N–H and O–H groups in total. The average Bonchev–Trinajstić information content (AvgIpc) is 2.30. The van der Waals surface area contributed by atoms with Gasteiger partial charge in [-0.1, -0.05) is 30.3 Å². The topological polar surface area (TPSA) is 64.1 Å². The van der Waals surface area contributed by atoms with Gasteiger partial charge in [-0.2, -0.15) is 0 Å². The lowest BCUT2D eigenvalue weighted by Crippen LogP contribution is -2.19. The zero-order valence-electron chi connectivity index (χ0n) is 10.1. The van der Waals surface area contributed by atoms with Crippen LogP contribution in [0.4, 0.5) is 11.4 Å². The molecule has 0 saturated carbocycles. The Balaban J connectivity index is 2.62. The highest BCUT2D eigenvalue weighted by Gasteiger charge is 2.10. The first kappa shape index (κ1) is 12.4. The zero-order chi connectivity index (χ0) is 13.1. The number of para-hydroxylation sites is 1. The number of hydrogen-bond donors (Lipinski definition) is 3. The van der Waals surface area contributed by atoms with Crippen molar-refractivity contribution >= 4 is 28.7 Å². The maximum Gasteiger partial charge on any atom is 0.168 e. The van der Waals surface area contributed by atoms with E-state index in [4.69, 9.17) is 23.7 Å². The molecular weight excluding hydrogens is 242 g/mol. The van der Waals surface area contributed by atoms with Gasteiger partial charge in [-0.15, -0.1) is 0 Å². The normalized spacial score (nSPS) is 10.1. The maximum atomic E-state index is 6.03. The Kier molecular flexibility index (Phi) is 3.48. The second-order valence-electron chi connectivity index (χ2n) is 4.07. The molecule has 0 bridgehead atoms. The molecule has 0 aliphatic carbocycles. The van der Waals surface area contributed by atoms with Gasteiger partial charge in [0.1, 0.15) is 0 Å². The molecule has 0 aliphatic heterocycles. The summed E-state index contributed by atoms with van der Waals surface area (Å²) in [4.78, 5) is 0. The number of nitrogens with two attached hydrogens (primary N) is 2. The molecule has 0 saturated heterocycles. The zero-order valence-corrected chi connectivity index (χ0v) is 10.9. The van der Waals surface area contributed by atoms with Gasteiger partial charge in [-0.05, 0) is 36.8 Å². The third-order valence-electron chi connectivity index (χ3n) is 2.76. The van der Waals surface area contributed by atoms with Crippen molar-refractivity contribution in [3.8, 4) is 11.1 Å². The van der Waals surface area contributed by atoms with Crippen LogP contribution < -0.4 is 16.8 Å².